The van der Waals surface area contributed by atoms with E-state index in [4.69, 9.17) is 11.6 Å². The molecule has 2 aromatic rings. The predicted octanol–water partition coefficient (Wildman–Crippen LogP) is 2.99. The Morgan fingerprint density at radius 1 is 1.35 bits per heavy atom. The van der Waals surface area contributed by atoms with E-state index in [-0.39, 0.29) is 11.8 Å². The van der Waals surface area contributed by atoms with Gasteiger partial charge in [0.1, 0.15) is 0 Å². The van der Waals surface area contributed by atoms with Crippen LogP contribution in [0.3, 0.4) is 0 Å². The third-order valence-corrected chi connectivity index (χ3v) is 3.72. The third kappa shape index (κ3) is 4.33. The normalized spacial score (nSPS) is 11.0. The van der Waals surface area contributed by atoms with Gasteiger partial charge in [-0.1, -0.05) is 38.4 Å². The van der Waals surface area contributed by atoms with Crippen LogP contribution in [0.4, 0.5) is 0 Å². The number of carbonyl (C=O) groups is 1. The molecule has 2 rings (SSSR count). The molecule has 1 amide bonds. The number of amides is 1. The molecular weight excluding hydrogens is 312 g/mol. The first-order valence-electron chi connectivity index (χ1n) is 7.87. The maximum atomic E-state index is 12.4. The number of aromatic nitrogens is 2. The fraction of sp³-hybridized carbons (Fsp3) is 0.412. The predicted molar refractivity (Wildman–Crippen MR) is 93.5 cm³/mol. The van der Waals surface area contributed by atoms with Crippen molar-refractivity contribution in [2.45, 2.75) is 26.7 Å². The number of nitrogens with one attached hydrogen (secondary N) is 2. The van der Waals surface area contributed by atoms with E-state index in [1.807, 2.05) is 45.0 Å². The average molecular weight is 335 g/mol. The molecule has 0 aliphatic rings. The number of nitrogens with zero attached hydrogens (tertiary/aromatic N) is 2. The molecule has 1 heterocycles. The highest BCUT2D eigenvalue weighted by Gasteiger charge is 2.20. The molecule has 0 spiro atoms. The largest absolute Gasteiger partial charge is 0.351 e. The molecule has 0 atom stereocenters. The molecule has 0 aliphatic carbocycles. The lowest BCUT2D eigenvalue weighted by Gasteiger charge is -2.13. The minimum Gasteiger partial charge on any atom is -0.351 e. The fourth-order valence-corrected chi connectivity index (χ4v) is 2.62. The first-order chi connectivity index (χ1) is 11.0. The summed E-state index contributed by atoms with van der Waals surface area (Å²) in [6, 6.07) is 7.46. The summed E-state index contributed by atoms with van der Waals surface area (Å²) in [5.41, 5.74) is 2.34. The van der Waals surface area contributed by atoms with Crippen LogP contribution in [0.1, 0.15) is 42.7 Å². The van der Waals surface area contributed by atoms with E-state index in [9.17, 15) is 4.79 Å². The van der Waals surface area contributed by atoms with E-state index in [2.05, 4.69) is 15.7 Å². The Morgan fingerprint density at radius 2 is 2.13 bits per heavy atom. The number of halogens is 1. The van der Waals surface area contributed by atoms with Crippen LogP contribution in [-0.4, -0.2) is 35.3 Å². The van der Waals surface area contributed by atoms with E-state index in [1.54, 1.807) is 10.9 Å². The highest BCUT2D eigenvalue weighted by Crippen LogP contribution is 2.24. The van der Waals surface area contributed by atoms with Crippen molar-refractivity contribution in [2.75, 3.05) is 19.6 Å². The summed E-state index contributed by atoms with van der Waals surface area (Å²) < 4.78 is 1.79. The quantitative estimate of drug-likeness (QED) is 0.765. The fourth-order valence-electron chi connectivity index (χ4n) is 2.44. The van der Waals surface area contributed by atoms with Gasteiger partial charge in [0.05, 0.1) is 23.1 Å². The Bertz CT molecular complexity index is 666. The van der Waals surface area contributed by atoms with Crippen LogP contribution in [0.15, 0.2) is 30.5 Å². The molecule has 0 saturated carbocycles. The van der Waals surface area contributed by atoms with Crippen molar-refractivity contribution >= 4 is 17.5 Å². The zero-order chi connectivity index (χ0) is 16.8. The van der Waals surface area contributed by atoms with Crippen molar-refractivity contribution in [3.8, 4) is 5.69 Å². The van der Waals surface area contributed by atoms with Gasteiger partial charge >= 0.3 is 0 Å². The van der Waals surface area contributed by atoms with Crippen LogP contribution < -0.4 is 10.6 Å². The highest BCUT2D eigenvalue weighted by atomic mass is 35.5. The average Bonchev–Trinajstić information content (AvgIpc) is 2.96. The molecule has 0 fully saturated rings. The Kier molecular flexibility index (Phi) is 6.19. The van der Waals surface area contributed by atoms with E-state index in [0.717, 1.165) is 24.5 Å². The van der Waals surface area contributed by atoms with Crippen molar-refractivity contribution in [1.29, 1.82) is 0 Å². The molecule has 2 N–H and O–H groups in total. The molecule has 1 aromatic carbocycles. The summed E-state index contributed by atoms with van der Waals surface area (Å²) in [7, 11) is 0. The molecule has 23 heavy (non-hydrogen) atoms. The molecule has 0 radical (unpaired) electrons. The Labute approximate surface area is 142 Å². The van der Waals surface area contributed by atoms with Crippen LogP contribution >= 0.6 is 11.6 Å². The van der Waals surface area contributed by atoms with Crippen LogP contribution in [0.5, 0.6) is 0 Å². The number of likely N-dealkylation sites (N-methyl/N-ethyl adjacent to an activating group) is 1. The van der Waals surface area contributed by atoms with E-state index in [1.165, 1.54) is 0 Å². The number of benzene rings is 1. The summed E-state index contributed by atoms with van der Waals surface area (Å²) >= 11 is 6.07. The second-order valence-corrected chi connectivity index (χ2v) is 6.04. The lowest BCUT2D eigenvalue weighted by atomic mass is 10.1. The van der Waals surface area contributed by atoms with Gasteiger partial charge in [0.15, 0.2) is 0 Å². The summed E-state index contributed by atoms with van der Waals surface area (Å²) in [5.74, 6) is 0.0610. The van der Waals surface area contributed by atoms with Gasteiger partial charge in [-0.25, -0.2) is 4.68 Å². The van der Waals surface area contributed by atoms with Crippen LogP contribution in [-0.2, 0) is 0 Å². The van der Waals surface area contributed by atoms with Crippen molar-refractivity contribution in [3.05, 3.63) is 46.7 Å². The lowest BCUT2D eigenvalue weighted by molar-refractivity contribution is 0.0952. The molecule has 5 nitrogen and oxygen atoms in total. The topological polar surface area (TPSA) is 58.9 Å². The van der Waals surface area contributed by atoms with E-state index >= 15 is 0 Å². The third-order valence-electron chi connectivity index (χ3n) is 3.49. The SMILES string of the molecule is CCNCCNC(=O)c1cnn(-c2cccc(Cl)c2)c1C(C)C. The van der Waals surface area contributed by atoms with Crippen molar-refractivity contribution < 1.29 is 4.79 Å². The Balaban J connectivity index is 2.26. The van der Waals surface area contributed by atoms with Crippen molar-refractivity contribution in [3.63, 3.8) is 0 Å². The Morgan fingerprint density at radius 3 is 2.78 bits per heavy atom. The molecule has 0 aliphatic heterocycles. The summed E-state index contributed by atoms with van der Waals surface area (Å²) in [4.78, 5) is 12.4. The van der Waals surface area contributed by atoms with E-state index < -0.39 is 0 Å². The van der Waals surface area contributed by atoms with Crippen LogP contribution in [0.25, 0.3) is 5.69 Å². The molecule has 6 heteroatoms. The van der Waals surface area contributed by atoms with Crippen molar-refractivity contribution in [1.82, 2.24) is 20.4 Å². The summed E-state index contributed by atoms with van der Waals surface area (Å²) in [6.07, 6.45) is 1.62. The maximum absolute atomic E-state index is 12.4. The molecule has 0 unspecified atom stereocenters. The summed E-state index contributed by atoms with van der Waals surface area (Å²) in [6.45, 7) is 8.36. The van der Waals surface area contributed by atoms with Gasteiger partial charge in [-0.2, -0.15) is 5.10 Å². The van der Waals surface area contributed by atoms with Gasteiger partial charge in [0.25, 0.3) is 5.91 Å². The monoisotopic (exact) mass is 334 g/mol. The smallest absolute Gasteiger partial charge is 0.254 e. The molecule has 124 valence electrons. The molecular formula is C17H23ClN4O. The molecule has 0 bridgehead atoms. The van der Waals surface area contributed by atoms with Gasteiger partial charge < -0.3 is 10.6 Å². The second kappa shape index (κ2) is 8.13. The first kappa shape index (κ1) is 17.5. The number of rotatable bonds is 7. The number of hydrogen-bond donors (Lipinski definition) is 2. The Hall–Kier alpha value is -1.85. The van der Waals surface area contributed by atoms with Crippen LogP contribution in [0.2, 0.25) is 5.02 Å². The van der Waals surface area contributed by atoms with Gasteiger partial charge in [0, 0.05) is 18.1 Å². The summed E-state index contributed by atoms with van der Waals surface area (Å²) in [5, 5.41) is 11.1. The first-order valence-corrected chi connectivity index (χ1v) is 8.25. The van der Waals surface area contributed by atoms with Gasteiger partial charge in [-0.05, 0) is 30.7 Å². The molecule has 0 saturated heterocycles. The van der Waals surface area contributed by atoms with E-state index in [0.29, 0.717) is 17.1 Å². The standard InChI is InChI=1S/C17H23ClN4O/c1-4-19-8-9-20-17(23)15-11-21-22(16(15)12(2)3)14-7-5-6-13(18)10-14/h5-7,10-12,19H,4,8-9H2,1-3H3,(H,20,23). The molecule has 1 aromatic heterocycles. The van der Waals surface area contributed by atoms with Crippen molar-refractivity contribution in [2.24, 2.45) is 0 Å². The van der Waals surface area contributed by atoms with Crippen LogP contribution in [0, 0.1) is 0 Å². The minimum absolute atomic E-state index is 0.0973. The lowest BCUT2D eigenvalue weighted by Crippen LogP contribution is -2.32. The zero-order valence-electron chi connectivity index (χ0n) is 13.8. The number of carbonyl (C=O) groups excluding carboxylic acids is 1. The van der Waals surface area contributed by atoms with Gasteiger partial charge in [-0.3, -0.25) is 4.79 Å². The van der Waals surface area contributed by atoms with Gasteiger partial charge in [-0.15, -0.1) is 0 Å². The zero-order valence-corrected chi connectivity index (χ0v) is 14.5. The van der Waals surface area contributed by atoms with Gasteiger partial charge in [0.2, 0.25) is 0 Å². The highest BCUT2D eigenvalue weighted by molar-refractivity contribution is 6.30. The minimum atomic E-state index is -0.0973. The number of hydrogen-bond acceptors (Lipinski definition) is 3. The maximum Gasteiger partial charge on any atom is 0.254 e. The second-order valence-electron chi connectivity index (χ2n) is 5.60.